The van der Waals surface area contributed by atoms with E-state index in [1.54, 1.807) is 16.2 Å². The summed E-state index contributed by atoms with van der Waals surface area (Å²) >= 11 is 1.59. The first-order chi connectivity index (χ1) is 13.2. The van der Waals surface area contributed by atoms with Gasteiger partial charge in [0.1, 0.15) is 5.69 Å². The summed E-state index contributed by atoms with van der Waals surface area (Å²) in [5, 5.41) is 5.26. The molecule has 158 valence electrons. The molecule has 0 radical (unpaired) electrons. The van der Waals surface area contributed by atoms with Crippen molar-refractivity contribution in [2.24, 2.45) is 0 Å². The molecule has 29 heavy (non-hydrogen) atoms. The lowest BCUT2D eigenvalue weighted by molar-refractivity contribution is 0.0973. The highest BCUT2D eigenvalue weighted by molar-refractivity contribution is 7.22. The second kappa shape index (κ2) is 9.24. The quantitative estimate of drug-likeness (QED) is 0.566. The van der Waals surface area contributed by atoms with Crippen molar-refractivity contribution in [1.29, 1.82) is 0 Å². The monoisotopic (exact) mass is 435 g/mol. The molecule has 1 aromatic carbocycles. The molecule has 0 aliphatic rings. The fraction of sp³-hybridized carbons (Fsp3) is 0.476. The second-order valence-corrected chi connectivity index (χ2v) is 8.82. The molecule has 0 fully saturated rings. The third-order valence-electron chi connectivity index (χ3n) is 4.74. The van der Waals surface area contributed by atoms with Crippen LogP contribution in [-0.4, -0.2) is 52.8 Å². The van der Waals surface area contributed by atoms with E-state index in [9.17, 15) is 4.79 Å². The zero-order chi connectivity index (χ0) is 20.6. The molecule has 0 unspecified atom stereocenters. The largest absolute Gasteiger partial charge is 0.308 e. The Kier molecular flexibility index (Phi) is 7.43. The van der Waals surface area contributed by atoms with Crippen molar-refractivity contribution in [1.82, 2.24) is 19.7 Å². The molecular formula is C21H30ClN5OS. The van der Waals surface area contributed by atoms with Crippen LogP contribution < -0.4 is 4.90 Å². The number of amides is 1. The predicted molar refractivity (Wildman–Crippen MR) is 124 cm³/mol. The Morgan fingerprint density at radius 1 is 1.14 bits per heavy atom. The third-order valence-corrected chi connectivity index (χ3v) is 5.96. The van der Waals surface area contributed by atoms with Gasteiger partial charge in [-0.1, -0.05) is 23.5 Å². The Morgan fingerprint density at radius 3 is 2.38 bits per heavy atom. The van der Waals surface area contributed by atoms with Gasteiger partial charge >= 0.3 is 0 Å². The molecular weight excluding hydrogens is 406 g/mol. The number of thiazole rings is 1. The number of carbonyl (C=O) groups is 1. The standard InChI is InChI=1S/C21H29N5OS.ClH/c1-13(2)26-17(12-16(5)23-26)20(27)25(11-10-24(6)7)21-22-18-14(3)8-9-15(4)19(18)28-21;/h8-9,12-13H,10-11H2,1-7H3;1H. The van der Waals surface area contributed by atoms with Crippen molar-refractivity contribution in [3.63, 3.8) is 0 Å². The number of likely N-dealkylation sites (N-methyl/N-ethyl adjacent to an activating group) is 1. The van der Waals surface area contributed by atoms with Gasteiger partial charge in [0.25, 0.3) is 5.91 Å². The second-order valence-electron chi connectivity index (χ2n) is 7.84. The van der Waals surface area contributed by atoms with Crippen molar-refractivity contribution in [2.45, 2.75) is 40.7 Å². The summed E-state index contributed by atoms with van der Waals surface area (Å²) in [4.78, 5) is 22.3. The van der Waals surface area contributed by atoms with Crippen LogP contribution in [0.4, 0.5) is 5.13 Å². The molecule has 0 aliphatic heterocycles. The van der Waals surface area contributed by atoms with E-state index in [2.05, 4.69) is 36.0 Å². The summed E-state index contributed by atoms with van der Waals surface area (Å²) in [6.07, 6.45) is 0. The van der Waals surface area contributed by atoms with E-state index >= 15 is 0 Å². The van der Waals surface area contributed by atoms with E-state index < -0.39 is 0 Å². The van der Waals surface area contributed by atoms with Crippen LogP contribution in [0.1, 0.15) is 47.2 Å². The van der Waals surface area contributed by atoms with Crippen LogP contribution in [-0.2, 0) is 0 Å². The minimum absolute atomic E-state index is 0. The number of hydrogen-bond donors (Lipinski definition) is 0. The Bertz CT molecular complexity index is 969. The van der Waals surface area contributed by atoms with E-state index in [4.69, 9.17) is 4.98 Å². The van der Waals surface area contributed by atoms with E-state index in [-0.39, 0.29) is 24.4 Å². The van der Waals surface area contributed by atoms with E-state index in [0.29, 0.717) is 12.2 Å². The lowest BCUT2D eigenvalue weighted by Gasteiger charge is -2.22. The molecule has 0 atom stereocenters. The highest BCUT2D eigenvalue weighted by Gasteiger charge is 2.26. The number of anilines is 1. The van der Waals surface area contributed by atoms with Gasteiger partial charge in [-0.05, 0) is 65.9 Å². The van der Waals surface area contributed by atoms with Crippen molar-refractivity contribution in [3.05, 3.63) is 40.7 Å². The van der Waals surface area contributed by atoms with Gasteiger partial charge in [-0.15, -0.1) is 12.4 Å². The number of fused-ring (bicyclic) bond motifs is 1. The Hall–Kier alpha value is -1.96. The van der Waals surface area contributed by atoms with Gasteiger partial charge in [-0.2, -0.15) is 5.10 Å². The molecule has 8 heteroatoms. The summed E-state index contributed by atoms with van der Waals surface area (Å²) in [7, 11) is 4.02. The maximum atomic E-state index is 13.6. The van der Waals surface area contributed by atoms with Gasteiger partial charge in [0.2, 0.25) is 0 Å². The van der Waals surface area contributed by atoms with Gasteiger partial charge < -0.3 is 4.90 Å². The lowest BCUT2D eigenvalue weighted by atomic mass is 10.1. The van der Waals surface area contributed by atoms with Crippen LogP contribution in [0.2, 0.25) is 0 Å². The van der Waals surface area contributed by atoms with Crippen LogP contribution in [0.25, 0.3) is 10.2 Å². The van der Waals surface area contributed by atoms with Gasteiger partial charge in [0, 0.05) is 19.1 Å². The number of carbonyl (C=O) groups excluding carboxylic acids is 1. The maximum Gasteiger partial charge on any atom is 0.278 e. The maximum absolute atomic E-state index is 13.6. The predicted octanol–water partition coefficient (Wildman–Crippen LogP) is 4.63. The molecule has 0 saturated heterocycles. The van der Waals surface area contributed by atoms with Crippen molar-refractivity contribution < 1.29 is 4.79 Å². The van der Waals surface area contributed by atoms with Crippen LogP contribution in [0.3, 0.4) is 0 Å². The number of hydrogen-bond acceptors (Lipinski definition) is 5. The summed E-state index contributed by atoms with van der Waals surface area (Å²) < 4.78 is 2.95. The molecule has 2 aromatic heterocycles. The van der Waals surface area contributed by atoms with Crippen LogP contribution >= 0.6 is 23.7 Å². The smallest absolute Gasteiger partial charge is 0.278 e. The Morgan fingerprint density at radius 2 is 1.79 bits per heavy atom. The molecule has 0 spiro atoms. The van der Waals surface area contributed by atoms with E-state index in [0.717, 1.165) is 33.2 Å². The SMILES string of the molecule is Cc1cc(C(=O)N(CCN(C)C)c2nc3c(C)ccc(C)c3s2)n(C(C)C)n1.Cl. The molecule has 0 N–H and O–H groups in total. The molecule has 2 heterocycles. The summed E-state index contributed by atoms with van der Waals surface area (Å²) in [6.45, 7) is 11.5. The highest BCUT2D eigenvalue weighted by Crippen LogP contribution is 2.33. The summed E-state index contributed by atoms with van der Waals surface area (Å²) in [5.41, 5.74) is 4.76. The Balaban J connectivity index is 0.00000300. The normalized spacial score (nSPS) is 11.3. The molecule has 3 rings (SSSR count). The number of aryl methyl sites for hydroxylation is 3. The Labute approximate surface area is 182 Å². The van der Waals surface area contributed by atoms with Crippen LogP contribution in [0.15, 0.2) is 18.2 Å². The molecule has 1 amide bonds. The first-order valence-electron chi connectivity index (χ1n) is 9.58. The number of benzene rings is 1. The highest BCUT2D eigenvalue weighted by atomic mass is 35.5. The number of rotatable bonds is 6. The van der Waals surface area contributed by atoms with Crippen molar-refractivity contribution in [2.75, 3.05) is 32.1 Å². The van der Waals surface area contributed by atoms with Crippen LogP contribution in [0.5, 0.6) is 0 Å². The minimum atomic E-state index is -0.0505. The van der Waals surface area contributed by atoms with Crippen molar-refractivity contribution >= 4 is 45.0 Å². The number of nitrogens with zero attached hydrogens (tertiary/aromatic N) is 5. The van der Waals surface area contributed by atoms with E-state index in [1.807, 2.05) is 45.6 Å². The average molecular weight is 436 g/mol. The third kappa shape index (κ3) is 4.79. The van der Waals surface area contributed by atoms with Gasteiger partial charge in [0.05, 0.1) is 15.9 Å². The molecule has 0 saturated carbocycles. The number of aromatic nitrogens is 3. The van der Waals surface area contributed by atoms with Gasteiger partial charge in [0.15, 0.2) is 5.13 Å². The average Bonchev–Trinajstić information content (AvgIpc) is 3.23. The first-order valence-corrected chi connectivity index (χ1v) is 10.4. The van der Waals surface area contributed by atoms with E-state index in [1.165, 1.54) is 5.56 Å². The summed E-state index contributed by atoms with van der Waals surface area (Å²) in [6, 6.07) is 6.19. The molecule has 0 bridgehead atoms. The molecule has 3 aromatic rings. The lowest BCUT2D eigenvalue weighted by Crippen LogP contribution is -2.38. The fourth-order valence-corrected chi connectivity index (χ4v) is 4.29. The first kappa shape index (κ1) is 23.3. The van der Waals surface area contributed by atoms with Crippen molar-refractivity contribution in [3.8, 4) is 0 Å². The van der Waals surface area contributed by atoms with Gasteiger partial charge in [-0.3, -0.25) is 14.4 Å². The number of halogens is 1. The zero-order valence-electron chi connectivity index (χ0n) is 18.2. The molecule has 6 nitrogen and oxygen atoms in total. The topological polar surface area (TPSA) is 54.3 Å². The van der Waals surface area contributed by atoms with Crippen LogP contribution in [0, 0.1) is 20.8 Å². The fourth-order valence-electron chi connectivity index (χ4n) is 3.16. The van der Waals surface area contributed by atoms with Gasteiger partial charge in [-0.25, -0.2) is 4.98 Å². The zero-order valence-corrected chi connectivity index (χ0v) is 19.8. The molecule has 0 aliphatic carbocycles. The summed E-state index contributed by atoms with van der Waals surface area (Å²) in [5.74, 6) is -0.0505. The minimum Gasteiger partial charge on any atom is -0.308 e.